The second kappa shape index (κ2) is 20.5. The van der Waals surface area contributed by atoms with E-state index >= 15 is 0 Å². The minimum absolute atomic E-state index is 0.0230. The zero-order valence-corrected chi connectivity index (χ0v) is 44.1. The molecular formula is C53H86O21. The minimum atomic E-state index is -1.94. The summed E-state index contributed by atoms with van der Waals surface area (Å²) >= 11 is 0. The molecule has 74 heavy (non-hydrogen) atoms. The standard InChI is InChI=1S/C53H86O21/c1-23-32(57)36(61)37(62)43(68-23)73-41-35(60)28(20-54)70-45(39(41)64)72-40-33(58)24(2)69-44(38(40)63)74-42-34(59)27(56)21-67-46(42)71-31-12-13-49(5)29(50(31,6)22-55)11-14-52(8)30(49)10-9-25-26-19-48(3,4)15-17-53(26,47(65)66)18-16-51(25,52)7/h9,23-24,26-46,54-64H,10-22H2,1-8H3,(H,65,66)/t23-,24-,26-,27-,28+,29+,30+,31-,32-,33-,34-,35+,36+,37+,38+,39+,40+,41-,42+,43-,44-,45-,46-,49-,50-,51+,52+,53-/m0/s1. The SMILES string of the molecule is C[C@@H]1O[C@@H](O[C@@H]2[C@@H](O)[C@H](O[C@@H]3[C@@H](O)[C@H](C)O[C@@H](O[C@H]4[C@H](O[C@H]5CC[C@@]6(C)[C@@H](CC[C@]7(C)[C@@H]6CC=C6[C@@H]8CC(C)(C)CC[C@]8(C(=O)O)CC[C@]67C)[C@]5(C)CO)OC[C@H](O)[C@@H]4O)[C@@H]3O)O[C@H](CO)[C@H]2O)[C@H](O)[C@H](O)[C@H]1O. The topological polar surface area (TPSA) is 334 Å². The van der Waals surface area contributed by atoms with Crippen LogP contribution in [0.4, 0.5) is 0 Å². The average Bonchev–Trinajstić information content (AvgIpc) is 3.35. The fraction of sp³-hybridized carbons (Fsp3) is 0.943. The van der Waals surface area contributed by atoms with Gasteiger partial charge in [-0.3, -0.25) is 4.79 Å². The van der Waals surface area contributed by atoms with Crippen molar-refractivity contribution < 1.29 is 104 Å². The van der Waals surface area contributed by atoms with Gasteiger partial charge in [0.25, 0.3) is 0 Å². The van der Waals surface area contributed by atoms with Gasteiger partial charge in [0.05, 0.1) is 43.5 Å². The Hall–Kier alpha value is -1.55. The van der Waals surface area contributed by atoms with E-state index in [1.165, 1.54) is 19.4 Å². The smallest absolute Gasteiger partial charge is 0.310 e. The molecule has 0 aromatic heterocycles. The number of ether oxygens (including phenoxy) is 8. The van der Waals surface area contributed by atoms with Crippen molar-refractivity contribution in [1.82, 2.24) is 0 Å². The highest BCUT2D eigenvalue weighted by Gasteiger charge is 2.70. The molecule has 424 valence electrons. The number of aliphatic hydroxyl groups is 11. The second-order valence-corrected chi connectivity index (χ2v) is 25.6. The Balaban J connectivity index is 0.916. The van der Waals surface area contributed by atoms with Crippen molar-refractivity contribution in [1.29, 1.82) is 0 Å². The summed E-state index contributed by atoms with van der Waals surface area (Å²) in [6, 6.07) is 0. The molecule has 28 atom stereocenters. The van der Waals surface area contributed by atoms with E-state index in [4.69, 9.17) is 37.9 Å². The minimum Gasteiger partial charge on any atom is -0.481 e. The Morgan fingerprint density at radius 2 is 1.22 bits per heavy atom. The maximum Gasteiger partial charge on any atom is 0.310 e. The highest BCUT2D eigenvalue weighted by Crippen LogP contribution is 2.76. The number of aliphatic hydroxyl groups excluding tert-OH is 11. The first-order chi connectivity index (χ1) is 34.6. The quantitative estimate of drug-likeness (QED) is 0.0971. The summed E-state index contributed by atoms with van der Waals surface area (Å²) in [7, 11) is 0. The number of hydrogen-bond acceptors (Lipinski definition) is 20. The Labute approximate surface area is 433 Å². The molecule has 0 unspecified atom stereocenters. The number of fused-ring (bicyclic) bond motifs is 7. The van der Waals surface area contributed by atoms with E-state index < -0.39 is 146 Å². The van der Waals surface area contributed by atoms with Crippen molar-refractivity contribution in [3.63, 3.8) is 0 Å². The number of rotatable bonds is 11. The molecular weight excluding hydrogens is 973 g/mol. The number of allylic oxidation sites excluding steroid dienone is 2. The summed E-state index contributed by atoms with van der Waals surface area (Å²) in [5.41, 5.74) is -0.806. The third kappa shape index (κ3) is 9.08. The predicted molar refractivity (Wildman–Crippen MR) is 256 cm³/mol. The summed E-state index contributed by atoms with van der Waals surface area (Å²) in [6.07, 6.45) is -21.1. The number of carboxylic acids is 1. The Kier molecular flexibility index (Phi) is 15.8. The van der Waals surface area contributed by atoms with Crippen LogP contribution in [-0.2, 0) is 42.7 Å². The van der Waals surface area contributed by atoms with E-state index in [9.17, 15) is 66.1 Å². The van der Waals surface area contributed by atoms with Crippen LogP contribution in [-0.4, -0.2) is 210 Å². The summed E-state index contributed by atoms with van der Waals surface area (Å²) in [4.78, 5) is 13.2. The fourth-order valence-corrected chi connectivity index (χ4v) is 16.2. The van der Waals surface area contributed by atoms with Gasteiger partial charge < -0.3 is 99.2 Å². The van der Waals surface area contributed by atoms with Crippen LogP contribution in [0.25, 0.3) is 0 Å². The highest BCUT2D eigenvalue weighted by atomic mass is 16.8. The third-order valence-electron chi connectivity index (χ3n) is 21.2. The van der Waals surface area contributed by atoms with E-state index in [0.717, 1.165) is 44.9 Å². The van der Waals surface area contributed by atoms with Gasteiger partial charge in [0, 0.05) is 5.41 Å². The van der Waals surface area contributed by atoms with Gasteiger partial charge in [0.2, 0.25) is 0 Å². The van der Waals surface area contributed by atoms with Crippen LogP contribution < -0.4 is 0 Å². The lowest BCUT2D eigenvalue weighted by Gasteiger charge is -2.71. The van der Waals surface area contributed by atoms with E-state index in [1.54, 1.807) is 0 Å². The number of carboxylic acid groups (broad SMARTS) is 1. The van der Waals surface area contributed by atoms with Crippen LogP contribution in [0, 0.1) is 50.2 Å². The molecule has 0 radical (unpaired) electrons. The Morgan fingerprint density at radius 3 is 1.85 bits per heavy atom. The highest BCUT2D eigenvalue weighted by molar-refractivity contribution is 5.76. The van der Waals surface area contributed by atoms with E-state index in [1.807, 2.05) is 6.92 Å². The average molecular weight is 1060 g/mol. The number of carbonyl (C=O) groups is 1. The first kappa shape index (κ1) is 57.1. The molecule has 0 amide bonds. The zero-order chi connectivity index (χ0) is 54.0. The summed E-state index contributed by atoms with van der Waals surface area (Å²) < 4.78 is 48.1. The van der Waals surface area contributed by atoms with Gasteiger partial charge >= 0.3 is 5.97 Å². The maximum atomic E-state index is 13.2. The van der Waals surface area contributed by atoms with Gasteiger partial charge in [-0.05, 0) is 117 Å². The van der Waals surface area contributed by atoms with Crippen molar-refractivity contribution in [2.24, 2.45) is 50.2 Å². The van der Waals surface area contributed by atoms with Crippen LogP contribution in [0.5, 0.6) is 0 Å². The monoisotopic (exact) mass is 1060 g/mol. The zero-order valence-electron chi connectivity index (χ0n) is 44.1. The third-order valence-corrected chi connectivity index (χ3v) is 21.2. The first-order valence-electron chi connectivity index (χ1n) is 27.1. The Bertz CT molecular complexity index is 2050. The molecule has 4 aliphatic heterocycles. The van der Waals surface area contributed by atoms with Gasteiger partial charge in [-0.2, -0.15) is 0 Å². The van der Waals surface area contributed by atoms with Crippen LogP contribution in [0.15, 0.2) is 11.6 Å². The van der Waals surface area contributed by atoms with Crippen LogP contribution in [0.3, 0.4) is 0 Å². The molecule has 21 heteroatoms. The number of hydrogen-bond donors (Lipinski definition) is 12. The molecule has 0 aromatic carbocycles. The lowest BCUT2D eigenvalue weighted by atomic mass is 9.33. The lowest BCUT2D eigenvalue weighted by molar-refractivity contribution is -0.391. The fourth-order valence-electron chi connectivity index (χ4n) is 16.2. The van der Waals surface area contributed by atoms with Crippen molar-refractivity contribution in [3.8, 4) is 0 Å². The molecule has 0 bridgehead atoms. The van der Waals surface area contributed by atoms with Crippen LogP contribution in [0.2, 0.25) is 0 Å². The molecule has 4 saturated heterocycles. The summed E-state index contributed by atoms with van der Waals surface area (Å²) in [6.45, 7) is 15.2. The van der Waals surface area contributed by atoms with Crippen molar-refractivity contribution >= 4 is 5.97 Å². The van der Waals surface area contributed by atoms with Crippen LogP contribution >= 0.6 is 0 Å². The van der Waals surface area contributed by atoms with Gasteiger partial charge in [0.15, 0.2) is 25.2 Å². The van der Waals surface area contributed by atoms with E-state index in [2.05, 4.69) is 40.7 Å². The van der Waals surface area contributed by atoms with E-state index in [0.29, 0.717) is 19.3 Å². The molecule has 8 fully saturated rings. The molecule has 5 aliphatic carbocycles. The van der Waals surface area contributed by atoms with Crippen molar-refractivity contribution in [2.45, 2.75) is 242 Å². The normalized spacial score (nSPS) is 55.4. The van der Waals surface area contributed by atoms with Gasteiger partial charge in [0.1, 0.15) is 79.4 Å². The van der Waals surface area contributed by atoms with Crippen LogP contribution in [0.1, 0.15) is 120 Å². The molecule has 9 aliphatic rings. The molecule has 9 rings (SSSR count). The molecule has 12 N–H and O–H groups in total. The van der Waals surface area contributed by atoms with Gasteiger partial charge in [-0.15, -0.1) is 0 Å². The second-order valence-electron chi connectivity index (χ2n) is 25.6. The molecule has 4 saturated carbocycles. The predicted octanol–water partition coefficient (Wildman–Crippen LogP) is 0.197. The van der Waals surface area contributed by atoms with Gasteiger partial charge in [-0.1, -0.05) is 53.2 Å². The van der Waals surface area contributed by atoms with E-state index in [-0.39, 0.29) is 52.6 Å². The first-order valence-corrected chi connectivity index (χ1v) is 27.1. The summed E-state index contributed by atoms with van der Waals surface area (Å²) in [5, 5.41) is 132. The maximum absolute atomic E-state index is 13.2. The lowest BCUT2D eigenvalue weighted by Crippen LogP contribution is -2.67. The number of aliphatic carboxylic acids is 1. The summed E-state index contributed by atoms with van der Waals surface area (Å²) in [5.74, 6) is -0.495. The van der Waals surface area contributed by atoms with Gasteiger partial charge in [-0.25, -0.2) is 0 Å². The molecule has 4 heterocycles. The Morgan fingerprint density at radius 1 is 0.622 bits per heavy atom. The largest absolute Gasteiger partial charge is 0.481 e. The van der Waals surface area contributed by atoms with Crippen molar-refractivity contribution in [2.75, 3.05) is 19.8 Å². The molecule has 0 spiro atoms. The molecule has 21 nitrogen and oxygen atoms in total. The molecule has 0 aromatic rings. The van der Waals surface area contributed by atoms with Crippen molar-refractivity contribution in [3.05, 3.63) is 11.6 Å².